The predicted octanol–water partition coefficient (Wildman–Crippen LogP) is 3.57. The van der Waals surface area contributed by atoms with E-state index in [4.69, 9.17) is 0 Å². The van der Waals surface area contributed by atoms with Crippen LogP contribution >= 0.6 is 23.1 Å². The molecular formula is C20H22N4OS2. The van der Waals surface area contributed by atoms with Gasteiger partial charge in [0.1, 0.15) is 0 Å². The van der Waals surface area contributed by atoms with Gasteiger partial charge in [-0.3, -0.25) is 9.69 Å². The topological polar surface area (TPSA) is 52.2 Å². The number of aromatic amines is 1. The summed E-state index contributed by atoms with van der Waals surface area (Å²) in [5, 5.41) is 2.91. The largest absolute Gasteiger partial charge is 0.339 e. The molecule has 4 rings (SSSR count). The second kappa shape index (κ2) is 8.73. The summed E-state index contributed by atoms with van der Waals surface area (Å²) in [6, 6.07) is 14.4. The molecule has 0 unspecified atom stereocenters. The fourth-order valence-electron chi connectivity index (χ4n) is 3.14. The van der Waals surface area contributed by atoms with Crippen molar-refractivity contribution in [1.29, 1.82) is 0 Å². The Morgan fingerprint density at radius 3 is 2.67 bits per heavy atom. The zero-order chi connectivity index (χ0) is 18.5. The third-order valence-electron chi connectivity index (χ3n) is 4.65. The predicted molar refractivity (Wildman–Crippen MR) is 111 cm³/mol. The summed E-state index contributed by atoms with van der Waals surface area (Å²) in [7, 11) is 0. The molecule has 5 nitrogen and oxygen atoms in total. The lowest BCUT2D eigenvalue weighted by Crippen LogP contribution is -2.48. The number of hydrogen-bond donors (Lipinski definition) is 1. The van der Waals surface area contributed by atoms with Gasteiger partial charge in [-0.05, 0) is 17.0 Å². The first-order valence-corrected chi connectivity index (χ1v) is 10.9. The maximum Gasteiger partial charge on any atom is 0.233 e. The Morgan fingerprint density at radius 2 is 1.93 bits per heavy atom. The molecule has 1 aliphatic rings. The minimum absolute atomic E-state index is 0.188. The van der Waals surface area contributed by atoms with Crippen molar-refractivity contribution in [3.8, 4) is 11.3 Å². The molecule has 2 aromatic heterocycles. The van der Waals surface area contributed by atoms with Crippen molar-refractivity contribution in [3.05, 3.63) is 58.9 Å². The van der Waals surface area contributed by atoms with Crippen LogP contribution in [0.4, 0.5) is 0 Å². The van der Waals surface area contributed by atoms with E-state index in [0.29, 0.717) is 5.75 Å². The third-order valence-corrected chi connectivity index (χ3v) is 6.39. The van der Waals surface area contributed by atoms with Crippen molar-refractivity contribution in [1.82, 2.24) is 19.8 Å². The van der Waals surface area contributed by atoms with Gasteiger partial charge in [0.15, 0.2) is 5.16 Å². The van der Waals surface area contributed by atoms with Gasteiger partial charge < -0.3 is 9.88 Å². The molecule has 0 bridgehead atoms. The van der Waals surface area contributed by atoms with E-state index in [9.17, 15) is 4.79 Å². The fraction of sp³-hybridized carbons (Fsp3) is 0.300. The summed E-state index contributed by atoms with van der Waals surface area (Å²) in [5.41, 5.74) is 2.08. The summed E-state index contributed by atoms with van der Waals surface area (Å²) < 4.78 is 0. The lowest BCUT2D eigenvalue weighted by atomic mass is 10.2. The number of rotatable bonds is 6. The Bertz CT molecular complexity index is 855. The van der Waals surface area contributed by atoms with Gasteiger partial charge >= 0.3 is 0 Å². The molecule has 3 heterocycles. The van der Waals surface area contributed by atoms with Gasteiger partial charge in [-0.2, -0.15) is 0 Å². The highest BCUT2D eigenvalue weighted by Crippen LogP contribution is 2.21. The molecule has 1 saturated heterocycles. The number of piperazine rings is 1. The third kappa shape index (κ3) is 4.80. The summed E-state index contributed by atoms with van der Waals surface area (Å²) in [6.07, 6.45) is 1.82. The minimum atomic E-state index is 0.188. The number of thiophene rings is 1. The highest BCUT2D eigenvalue weighted by molar-refractivity contribution is 7.99. The first-order chi connectivity index (χ1) is 13.3. The molecule has 1 aromatic carbocycles. The first-order valence-electron chi connectivity index (χ1n) is 9.04. The van der Waals surface area contributed by atoms with Crippen LogP contribution in [0.2, 0.25) is 0 Å². The van der Waals surface area contributed by atoms with Crippen LogP contribution in [0.3, 0.4) is 0 Å². The van der Waals surface area contributed by atoms with Crippen LogP contribution in [0.25, 0.3) is 11.3 Å². The van der Waals surface area contributed by atoms with Crippen molar-refractivity contribution in [2.45, 2.75) is 11.7 Å². The Hall–Kier alpha value is -2.09. The van der Waals surface area contributed by atoms with Gasteiger partial charge in [0.2, 0.25) is 5.91 Å². The summed E-state index contributed by atoms with van der Waals surface area (Å²) in [6.45, 7) is 4.47. The van der Waals surface area contributed by atoms with Gasteiger partial charge in [-0.25, -0.2) is 4.98 Å². The fourth-order valence-corrected chi connectivity index (χ4v) is 4.64. The normalized spacial score (nSPS) is 15.2. The van der Waals surface area contributed by atoms with Gasteiger partial charge in [-0.15, -0.1) is 11.3 Å². The second-order valence-electron chi connectivity index (χ2n) is 6.49. The van der Waals surface area contributed by atoms with Gasteiger partial charge in [0.25, 0.3) is 0 Å². The van der Waals surface area contributed by atoms with Crippen molar-refractivity contribution in [3.63, 3.8) is 0 Å². The van der Waals surface area contributed by atoms with Crippen LogP contribution < -0.4 is 0 Å². The number of thioether (sulfide) groups is 1. The molecular weight excluding hydrogens is 376 g/mol. The molecule has 140 valence electrons. The lowest BCUT2D eigenvalue weighted by molar-refractivity contribution is -0.130. The number of carbonyl (C=O) groups excluding carboxylic acids is 1. The highest BCUT2D eigenvalue weighted by atomic mass is 32.2. The maximum absolute atomic E-state index is 12.5. The Labute approximate surface area is 167 Å². The average molecular weight is 399 g/mol. The molecule has 0 aliphatic carbocycles. The van der Waals surface area contributed by atoms with E-state index in [1.807, 2.05) is 41.4 Å². The number of nitrogens with zero attached hydrogens (tertiary/aromatic N) is 3. The van der Waals surface area contributed by atoms with Gasteiger partial charge in [0.05, 0.1) is 17.6 Å². The molecule has 1 aliphatic heterocycles. The van der Waals surface area contributed by atoms with E-state index in [1.165, 1.54) is 16.6 Å². The SMILES string of the molecule is O=C(CSc1ncc(-c2ccccc2)[nH]1)N1CCN(Cc2cccs2)CC1. The quantitative estimate of drug-likeness (QED) is 0.645. The molecule has 3 aromatic rings. The van der Waals surface area contributed by atoms with Crippen molar-refractivity contribution >= 4 is 29.0 Å². The number of imidazole rings is 1. The Morgan fingerprint density at radius 1 is 1.11 bits per heavy atom. The minimum Gasteiger partial charge on any atom is -0.339 e. The van der Waals surface area contributed by atoms with E-state index >= 15 is 0 Å². The monoisotopic (exact) mass is 398 g/mol. The molecule has 1 N–H and O–H groups in total. The number of aromatic nitrogens is 2. The smallest absolute Gasteiger partial charge is 0.233 e. The van der Waals surface area contributed by atoms with E-state index in [2.05, 4.69) is 32.4 Å². The van der Waals surface area contributed by atoms with Gasteiger partial charge in [-0.1, -0.05) is 48.2 Å². The summed E-state index contributed by atoms with van der Waals surface area (Å²) >= 11 is 3.27. The molecule has 0 radical (unpaired) electrons. The standard InChI is InChI=1S/C20H22N4OS2/c25-19(24-10-8-23(9-11-24)14-17-7-4-12-26-17)15-27-20-21-13-18(22-20)16-5-2-1-3-6-16/h1-7,12-13H,8-11,14-15H2,(H,21,22). The van der Waals surface area contributed by atoms with Crippen LogP contribution in [-0.4, -0.2) is 57.6 Å². The zero-order valence-corrected chi connectivity index (χ0v) is 16.6. The molecule has 7 heteroatoms. The number of H-pyrrole nitrogens is 1. The van der Waals surface area contributed by atoms with Crippen LogP contribution in [0.5, 0.6) is 0 Å². The number of nitrogens with one attached hydrogen (secondary N) is 1. The van der Waals surface area contributed by atoms with Crippen molar-refractivity contribution < 1.29 is 4.79 Å². The summed E-state index contributed by atoms with van der Waals surface area (Å²) in [4.78, 5) is 26.0. The molecule has 1 fully saturated rings. The van der Waals surface area contributed by atoms with E-state index < -0.39 is 0 Å². The Kier molecular flexibility index (Phi) is 5.91. The molecule has 1 amide bonds. The second-order valence-corrected chi connectivity index (χ2v) is 8.49. The highest BCUT2D eigenvalue weighted by Gasteiger charge is 2.21. The molecule has 0 atom stereocenters. The van der Waals surface area contributed by atoms with Crippen LogP contribution in [0, 0.1) is 0 Å². The lowest BCUT2D eigenvalue weighted by Gasteiger charge is -2.34. The maximum atomic E-state index is 12.5. The zero-order valence-electron chi connectivity index (χ0n) is 15.0. The van der Waals surface area contributed by atoms with Crippen molar-refractivity contribution in [2.24, 2.45) is 0 Å². The van der Waals surface area contributed by atoms with E-state index in [-0.39, 0.29) is 5.91 Å². The van der Waals surface area contributed by atoms with Crippen LogP contribution in [0.1, 0.15) is 4.88 Å². The molecule has 27 heavy (non-hydrogen) atoms. The first kappa shape index (κ1) is 18.3. The number of benzene rings is 1. The average Bonchev–Trinajstić information content (AvgIpc) is 3.39. The number of hydrogen-bond acceptors (Lipinski definition) is 5. The molecule has 0 spiro atoms. The Balaban J connectivity index is 1.24. The van der Waals surface area contributed by atoms with Crippen LogP contribution in [0.15, 0.2) is 59.2 Å². The number of carbonyl (C=O) groups is 1. The van der Waals surface area contributed by atoms with E-state index in [0.717, 1.165) is 49.1 Å². The van der Waals surface area contributed by atoms with Crippen molar-refractivity contribution in [2.75, 3.05) is 31.9 Å². The molecule has 0 saturated carbocycles. The number of amides is 1. The summed E-state index contributed by atoms with van der Waals surface area (Å²) in [5.74, 6) is 0.612. The van der Waals surface area contributed by atoms with Gasteiger partial charge in [0, 0.05) is 37.6 Å². The van der Waals surface area contributed by atoms with Crippen LogP contribution in [-0.2, 0) is 11.3 Å². The van der Waals surface area contributed by atoms with E-state index in [1.54, 1.807) is 11.3 Å².